The molecule has 9 nitrogen and oxygen atoms in total. The largest absolute Gasteiger partial charge is 0.422 e. The van der Waals surface area contributed by atoms with Gasteiger partial charge in [-0.15, -0.1) is 0 Å². The third-order valence-electron chi connectivity index (χ3n) is 6.98. The van der Waals surface area contributed by atoms with E-state index in [2.05, 4.69) is 20.8 Å². The fourth-order valence-electron chi connectivity index (χ4n) is 4.85. The molecule has 2 amide bonds. The van der Waals surface area contributed by atoms with Crippen LogP contribution in [0.3, 0.4) is 0 Å². The van der Waals surface area contributed by atoms with Crippen LogP contribution in [0.1, 0.15) is 29.8 Å². The van der Waals surface area contributed by atoms with Crippen molar-refractivity contribution in [2.24, 2.45) is 0 Å². The summed E-state index contributed by atoms with van der Waals surface area (Å²) in [5.74, 6) is -1.08. The second kappa shape index (κ2) is 10.0. The lowest BCUT2D eigenvalue weighted by molar-refractivity contribution is -0.127. The molecule has 0 saturated carbocycles. The fraction of sp³-hybridized carbons (Fsp3) is 0.296. The highest BCUT2D eigenvalue weighted by Gasteiger charge is 2.38. The van der Waals surface area contributed by atoms with Gasteiger partial charge >= 0.3 is 5.63 Å². The number of hydrogen-bond acceptors (Lipinski definition) is 7. The van der Waals surface area contributed by atoms with Crippen LogP contribution in [0.25, 0.3) is 17.0 Å². The van der Waals surface area contributed by atoms with E-state index in [-0.39, 0.29) is 41.5 Å². The third-order valence-corrected chi connectivity index (χ3v) is 9.28. The molecule has 0 unspecified atom stereocenters. The zero-order valence-electron chi connectivity index (χ0n) is 20.9. The molecule has 5 rings (SSSR count). The molecule has 1 saturated heterocycles. The van der Waals surface area contributed by atoms with E-state index in [4.69, 9.17) is 4.42 Å². The van der Waals surface area contributed by atoms with Crippen LogP contribution in [0, 0.1) is 0 Å². The van der Waals surface area contributed by atoms with Gasteiger partial charge in [0.2, 0.25) is 9.84 Å². The minimum atomic E-state index is -3.93. The van der Waals surface area contributed by atoms with Crippen molar-refractivity contribution in [3.8, 4) is 0 Å². The Morgan fingerprint density at radius 3 is 2.26 bits per heavy atom. The predicted octanol–water partition coefficient (Wildman–Crippen LogP) is 3.51. The first kappa shape index (κ1) is 26.2. The maximum absolute atomic E-state index is 13.2. The van der Waals surface area contributed by atoms with Crippen LogP contribution < -0.4 is 10.5 Å². The molecule has 0 spiro atoms. The average molecular weight is 600 g/mol. The third kappa shape index (κ3) is 4.54. The number of rotatable bonds is 5. The number of carbonyl (C=O) groups excluding carboxylic acids is 2. The van der Waals surface area contributed by atoms with E-state index in [9.17, 15) is 22.8 Å². The molecule has 2 aliphatic rings. The number of nitrogens with zero attached hydrogens (tertiary/aromatic N) is 3. The number of sulfone groups is 1. The van der Waals surface area contributed by atoms with Gasteiger partial charge in [0, 0.05) is 60.9 Å². The van der Waals surface area contributed by atoms with Gasteiger partial charge in [0.25, 0.3) is 11.8 Å². The van der Waals surface area contributed by atoms with Crippen molar-refractivity contribution in [3.05, 3.63) is 73.4 Å². The fourth-order valence-corrected chi connectivity index (χ4v) is 6.96. The molecule has 0 N–H and O–H groups in total. The number of carbonyl (C=O) groups is 2. The van der Waals surface area contributed by atoms with Gasteiger partial charge in [-0.25, -0.2) is 13.2 Å². The van der Waals surface area contributed by atoms with Gasteiger partial charge in [0.1, 0.15) is 16.1 Å². The summed E-state index contributed by atoms with van der Waals surface area (Å²) in [6, 6.07) is 11.9. The summed E-state index contributed by atoms with van der Waals surface area (Å²) >= 11 is 3.27. The highest BCUT2D eigenvalue weighted by Crippen LogP contribution is 2.35. The van der Waals surface area contributed by atoms with Gasteiger partial charge in [-0.05, 0) is 55.8 Å². The van der Waals surface area contributed by atoms with E-state index in [1.54, 1.807) is 18.2 Å². The second-order valence-electron chi connectivity index (χ2n) is 9.12. The number of anilines is 1. The first-order valence-electron chi connectivity index (χ1n) is 12.3. The summed E-state index contributed by atoms with van der Waals surface area (Å²) in [6.07, 6.45) is 1.39. The standard InChI is InChI=1S/C27H26BrN3O6S/c1-3-29(4-2)20-8-6-17-13-21(27(34)37-22(17)16-20)25(32)30-9-11-31(12-10-30)26(33)24-14-18-5-7-19(28)15-23(18)38(24,35)36/h5-8,13-16H,3-4,9-12H2,1-2H3. The monoisotopic (exact) mass is 599 g/mol. The van der Waals surface area contributed by atoms with Gasteiger partial charge in [-0.1, -0.05) is 22.0 Å². The van der Waals surface area contributed by atoms with Crippen molar-refractivity contribution >= 4 is 60.3 Å². The Labute approximate surface area is 228 Å². The number of halogens is 1. The van der Waals surface area contributed by atoms with Crippen LogP contribution >= 0.6 is 15.9 Å². The van der Waals surface area contributed by atoms with Crippen LogP contribution in [-0.2, 0) is 14.6 Å². The Kier molecular flexibility index (Phi) is 6.91. The van der Waals surface area contributed by atoms with Crippen LogP contribution in [0.4, 0.5) is 5.69 Å². The molecule has 0 aliphatic carbocycles. The molecule has 0 atom stereocenters. The van der Waals surface area contributed by atoms with Crippen molar-refractivity contribution in [2.75, 3.05) is 44.2 Å². The van der Waals surface area contributed by atoms with Gasteiger partial charge in [-0.2, -0.15) is 0 Å². The number of amides is 2. The average Bonchev–Trinajstić information content (AvgIpc) is 3.17. The molecule has 3 aromatic rings. The van der Waals surface area contributed by atoms with E-state index in [0.29, 0.717) is 21.0 Å². The summed E-state index contributed by atoms with van der Waals surface area (Å²) in [6.45, 7) is 6.31. The molecule has 0 bridgehead atoms. The van der Waals surface area contributed by atoms with E-state index in [0.717, 1.165) is 18.8 Å². The molecular weight excluding hydrogens is 574 g/mol. The topological polar surface area (TPSA) is 108 Å². The summed E-state index contributed by atoms with van der Waals surface area (Å²) in [7, 11) is -3.93. The lowest BCUT2D eigenvalue weighted by Gasteiger charge is -2.34. The van der Waals surface area contributed by atoms with Crippen molar-refractivity contribution < 1.29 is 22.4 Å². The number of piperazine rings is 1. The van der Waals surface area contributed by atoms with Crippen molar-refractivity contribution in [1.29, 1.82) is 0 Å². The number of benzene rings is 2. The van der Waals surface area contributed by atoms with Crippen LogP contribution in [0.2, 0.25) is 0 Å². The molecular formula is C27H26BrN3O6S. The first-order valence-corrected chi connectivity index (χ1v) is 14.6. The zero-order valence-corrected chi connectivity index (χ0v) is 23.3. The highest BCUT2D eigenvalue weighted by molar-refractivity contribution is 9.10. The van der Waals surface area contributed by atoms with E-state index in [1.165, 1.54) is 28.0 Å². The van der Waals surface area contributed by atoms with E-state index in [1.807, 2.05) is 26.0 Å². The number of hydrogen-bond donors (Lipinski definition) is 0. The Morgan fingerprint density at radius 2 is 1.61 bits per heavy atom. The minimum absolute atomic E-state index is 0.0741. The quantitative estimate of drug-likeness (QED) is 0.413. The van der Waals surface area contributed by atoms with Crippen molar-refractivity contribution in [3.63, 3.8) is 0 Å². The SMILES string of the molecule is CCN(CC)c1ccc2cc(C(=O)N3CCN(C(=O)C4=Cc5ccc(Br)cc5S4(=O)=O)CC3)c(=O)oc2c1. The lowest BCUT2D eigenvalue weighted by Crippen LogP contribution is -2.51. The Morgan fingerprint density at radius 1 is 0.947 bits per heavy atom. The first-order chi connectivity index (χ1) is 18.1. The summed E-state index contributed by atoms with van der Waals surface area (Å²) < 4.78 is 32.0. The summed E-state index contributed by atoms with van der Waals surface area (Å²) in [5, 5.41) is 0.641. The molecule has 1 aromatic heterocycles. The second-order valence-corrected chi connectivity index (χ2v) is 11.9. The van der Waals surface area contributed by atoms with Gasteiger partial charge in [-0.3, -0.25) is 9.59 Å². The molecule has 11 heteroatoms. The highest BCUT2D eigenvalue weighted by atomic mass is 79.9. The summed E-state index contributed by atoms with van der Waals surface area (Å²) in [4.78, 5) is 43.9. The smallest absolute Gasteiger partial charge is 0.349 e. The summed E-state index contributed by atoms with van der Waals surface area (Å²) in [5.41, 5.74) is 1.02. The Balaban J connectivity index is 1.30. The van der Waals surface area contributed by atoms with Crippen LogP contribution in [0.15, 0.2) is 65.9 Å². The van der Waals surface area contributed by atoms with Gasteiger partial charge in [0.15, 0.2) is 0 Å². The maximum atomic E-state index is 13.2. The van der Waals surface area contributed by atoms with E-state index < -0.39 is 27.3 Å². The van der Waals surface area contributed by atoms with Gasteiger partial charge in [0.05, 0.1) is 4.90 Å². The molecule has 1 fully saturated rings. The van der Waals surface area contributed by atoms with Gasteiger partial charge < -0.3 is 19.1 Å². The predicted molar refractivity (Wildman–Crippen MR) is 148 cm³/mol. The Hall–Kier alpha value is -3.44. The molecule has 3 heterocycles. The zero-order chi connectivity index (χ0) is 27.2. The molecule has 2 aromatic carbocycles. The Bertz CT molecular complexity index is 1650. The van der Waals surface area contributed by atoms with Crippen LogP contribution in [0.5, 0.6) is 0 Å². The molecule has 38 heavy (non-hydrogen) atoms. The number of fused-ring (bicyclic) bond motifs is 2. The van der Waals surface area contributed by atoms with Crippen molar-refractivity contribution in [1.82, 2.24) is 9.80 Å². The molecule has 198 valence electrons. The minimum Gasteiger partial charge on any atom is -0.422 e. The maximum Gasteiger partial charge on any atom is 0.349 e. The normalized spacial score (nSPS) is 16.3. The molecule has 0 radical (unpaired) electrons. The van der Waals surface area contributed by atoms with E-state index >= 15 is 0 Å². The molecule has 2 aliphatic heterocycles. The lowest BCUT2D eigenvalue weighted by atomic mass is 10.1. The van der Waals surface area contributed by atoms with Crippen LogP contribution in [-0.4, -0.2) is 69.3 Å². The van der Waals surface area contributed by atoms with Crippen molar-refractivity contribution in [2.45, 2.75) is 18.7 Å².